The minimum Gasteiger partial charge on any atom is -0.482 e. The third-order valence-corrected chi connectivity index (χ3v) is 7.31. The minimum absolute atomic E-state index is 0. The highest BCUT2D eigenvalue weighted by atomic mass is 35.5. The number of para-hydroxylation sites is 2. The van der Waals surface area contributed by atoms with Gasteiger partial charge in [0.2, 0.25) is 6.10 Å². The number of aryl methyl sites for hydroxylation is 1. The summed E-state index contributed by atoms with van der Waals surface area (Å²) >= 11 is 7.80. The third-order valence-electron chi connectivity index (χ3n) is 5.85. The molecule has 0 spiro atoms. The maximum Gasteiger partial charge on any atom is 0.273 e. The molecule has 0 saturated carbocycles. The molecule has 2 aromatic carbocycles. The quantitative estimate of drug-likeness (QED) is 0.415. The predicted octanol–water partition coefficient (Wildman–Crippen LogP) is 5.58. The average Bonchev–Trinajstić information content (AvgIpc) is 3.23. The predicted molar refractivity (Wildman–Crippen MR) is 138 cm³/mol. The largest absolute Gasteiger partial charge is 0.482 e. The summed E-state index contributed by atoms with van der Waals surface area (Å²) in [5.74, 6) is 1.09. The second-order valence-electron chi connectivity index (χ2n) is 7.84. The molecule has 1 aliphatic heterocycles. The zero-order valence-corrected chi connectivity index (χ0v) is 21.6. The van der Waals surface area contributed by atoms with Gasteiger partial charge >= 0.3 is 0 Å². The standard InChI is InChI=1S/C24H28ClN3O3S.ClH/c1-5-27(6-2)13-14-28(24-26-21-15(3)17(25)11-12-20(21)32-24)23(29)22-16(4)30-18-9-7-8-10-19(18)31-22;/h7-12,16,22H,5-6,13-14H2,1-4H3;1H. The lowest BCUT2D eigenvalue weighted by Gasteiger charge is -2.34. The van der Waals surface area contributed by atoms with Crippen molar-refractivity contribution in [3.63, 3.8) is 0 Å². The van der Waals surface area contributed by atoms with Crippen molar-refractivity contribution in [2.24, 2.45) is 0 Å². The van der Waals surface area contributed by atoms with E-state index in [0.717, 1.165) is 35.4 Å². The Labute approximate surface area is 209 Å². The monoisotopic (exact) mass is 509 g/mol. The molecule has 4 rings (SSSR count). The van der Waals surface area contributed by atoms with Crippen LogP contribution in [0, 0.1) is 6.92 Å². The number of fused-ring (bicyclic) bond motifs is 2. The normalized spacial score (nSPS) is 17.2. The third kappa shape index (κ3) is 5.22. The lowest BCUT2D eigenvalue weighted by molar-refractivity contribution is -0.130. The van der Waals surface area contributed by atoms with Gasteiger partial charge in [-0.25, -0.2) is 4.98 Å². The lowest BCUT2D eigenvalue weighted by Crippen LogP contribution is -2.52. The molecule has 0 N–H and O–H groups in total. The first-order valence-electron chi connectivity index (χ1n) is 10.9. The van der Waals surface area contributed by atoms with Crippen LogP contribution in [0.3, 0.4) is 0 Å². The van der Waals surface area contributed by atoms with Crippen LogP contribution < -0.4 is 14.4 Å². The summed E-state index contributed by atoms with van der Waals surface area (Å²) in [6, 6.07) is 11.3. The molecule has 2 heterocycles. The molecule has 9 heteroatoms. The van der Waals surface area contributed by atoms with Crippen LogP contribution in [0.25, 0.3) is 10.2 Å². The van der Waals surface area contributed by atoms with Gasteiger partial charge in [0, 0.05) is 18.1 Å². The van der Waals surface area contributed by atoms with Crippen LogP contribution in [0.5, 0.6) is 11.5 Å². The van der Waals surface area contributed by atoms with Crippen molar-refractivity contribution < 1.29 is 14.3 Å². The van der Waals surface area contributed by atoms with E-state index in [4.69, 9.17) is 26.1 Å². The van der Waals surface area contributed by atoms with Crippen molar-refractivity contribution in [3.05, 3.63) is 47.0 Å². The van der Waals surface area contributed by atoms with Crippen molar-refractivity contribution in [2.75, 3.05) is 31.1 Å². The van der Waals surface area contributed by atoms with E-state index < -0.39 is 12.2 Å². The van der Waals surface area contributed by atoms with Crippen LogP contribution in [-0.2, 0) is 4.79 Å². The number of amides is 1. The molecule has 1 aromatic heterocycles. The highest BCUT2D eigenvalue weighted by Gasteiger charge is 2.38. The highest BCUT2D eigenvalue weighted by Crippen LogP contribution is 2.37. The Morgan fingerprint density at radius 1 is 1.09 bits per heavy atom. The fraction of sp³-hybridized carbons (Fsp3) is 0.417. The number of ether oxygens (including phenoxy) is 2. The van der Waals surface area contributed by atoms with E-state index in [0.29, 0.717) is 28.2 Å². The van der Waals surface area contributed by atoms with E-state index in [9.17, 15) is 4.79 Å². The molecule has 0 bridgehead atoms. The van der Waals surface area contributed by atoms with Gasteiger partial charge in [0.1, 0.15) is 6.10 Å². The molecule has 2 atom stereocenters. The Bertz CT molecular complexity index is 1120. The Kier molecular flexibility index (Phi) is 8.45. The Hall–Kier alpha value is -2.06. The van der Waals surface area contributed by atoms with E-state index in [1.165, 1.54) is 11.3 Å². The lowest BCUT2D eigenvalue weighted by atomic mass is 10.1. The van der Waals surface area contributed by atoms with Crippen molar-refractivity contribution in [1.82, 2.24) is 9.88 Å². The molecule has 0 fully saturated rings. The molecular weight excluding hydrogens is 481 g/mol. The van der Waals surface area contributed by atoms with Gasteiger partial charge < -0.3 is 14.4 Å². The van der Waals surface area contributed by atoms with Crippen molar-refractivity contribution >= 4 is 56.6 Å². The van der Waals surface area contributed by atoms with Crippen LogP contribution >= 0.6 is 35.3 Å². The molecular formula is C24H29Cl2N3O3S. The van der Waals surface area contributed by atoms with E-state index in [-0.39, 0.29) is 18.3 Å². The summed E-state index contributed by atoms with van der Waals surface area (Å²) in [5.41, 5.74) is 1.75. The number of anilines is 1. The molecule has 0 radical (unpaired) electrons. The van der Waals surface area contributed by atoms with Gasteiger partial charge in [-0.15, -0.1) is 12.4 Å². The van der Waals surface area contributed by atoms with Gasteiger partial charge in [-0.2, -0.15) is 0 Å². The van der Waals surface area contributed by atoms with Crippen LogP contribution in [0.15, 0.2) is 36.4 Å². The Morgan fingerprint density at radius 3 is 2.42 bits per heavy atom. The van der Waals surface area contributed by atoms with Crippen LogP contribution in [-0.4, -0.2) is 54.2 Å². The van der Waals surface area contributed by atoms with Crippen molar-refractivity contribution in [3.8, 4) is 11.5 Å². The Balaban J connectivity index is 0.00000306. The zero-order valence-electron chi connectivity index (χ0n) is 19.2. The molecule has 0 aliphatic carbocycles. The van der Waals surface area contributed by atoms with Gasteiger partial charge in [0.25, 0.3) is 5.91 Å². The number of halogens is 2. The number of benzene rings is 2. The van der Waals surface area contributed by atoms with Crippen molar-refractivity contribution in [2.45, 2.75) is 39.9 Å². The first-order valence-corrected chi connectivity index (χ1v) is 12.1. The number of hydrogen-bond donors (Lipinski definition) is 0. The smallest absolute Gasteiger partial charge is 0.273 e. The molecule has 33 heavy (non-hydrogen) atoms. The number of likely N-dealkylation sites (N-methyl/N-ethyl adjacent to an activating group) is 1. The Morgan fingerprint density at radius 2 is 1.76 bits per heavy atom. The van der Waals surface area contributed by atoms with Gasteiger partial charge in [-0.3, -0.25) is 9.69 Å². The molecule has 1 amide bonds. The second kappa shape index (κ2) is 10.9. The second-order valence-corrected chi connectivity index (χ2v) is 9.26. The number of hydrogen-bond acceptors (Lipinski definition) is 6. The molecule has 178 valence electrons. The molecule has 2 unspecified atom stereocenters. The van der Waals surface area contributed by atoms with Gasteiger partial charge in [-0.05, 0) is 56.8 Å². The van der Waals surface area contributed by atoms with Crippen LogP contribution in [0.1, 0.15) is 26.3 Å². The van der Waals surface area contributed by atoms with Gasteiger partial charge in [0.05, 0.1) is 10.2 Å². The summed E-state index contributed by atoms with van der Waals surface area (Å²) in [4.78, 5) is 22.6. The van der Waals surface area contributed by atoms with Crippen LogP contribution in [0.2, 0.25) is 5.02 Å². The highest BCUT2D eigenvalue weighted by molar-refractivity contribution is 7.22. The fourth-order valence-electron chi connectivity index (χ4n) is 3.83. The van der Waals surface area contributed by atoms with Crippen LogP contribution in [0.4, 0.5) is 5.13 Å². The topological polar surface area (TPSA) is 54.9 Å². The summed E-state index contributed by atoms with van der Waals surface area (Å²) in [5, 5.41) is 1.32. The summed E-state index contributed by atoms with van der Waals surface area (Å²) < 4.78 is 13.1. The SMILES string of the molecule is CCN(CC)CCN(C(=O)C1Oc2ccccc2OC1C)c1nc2c(C)c(Cl)ccc2s1.Cl. The molecule has 3 aromatic rings. The first kappa shape index (κ1) is 25.6. The number of carbonyl (C=O) groups excluding carboxylic acids is 1. The number of carbonyl (C=O) groups is 1. The van der Waals surface area contributed by atoms with E-state index >= 15 is 0 Å². The van der Waals surface area contributed by atoms with Crippen molar-refractivity contribution in [1.29, 1.82) is 0 Å². The zero-order chi connectivity index (χ0) is 22.8. The first-order chi connectivity index (χ1) is 15.4. The average molecular weight is 510 g/mol. The minimum atomic E-state index is -0.752. The van der Waals surface area contributed by atoms with E-state index in [1.807, 2.05) is 50.2 Å². The van der Waals surface area contributed by atoms with Gasteiger partial charge in [-0.1, -0.05) is 48.9 Å². The number of nitrogens with zero attached hydrogens (tertiary/aromatic N) is 3. The maximum atomic E-state index is 13.8. The number of rotatable bonds is 7. The van der Waals surface area contributed by atoms with Gasteiger partial charge in [0.15, 0.2) is 16.6 Å². The molecule has 1 aliphatic rings. The summed E-state index contributed by atoms with van der Waals surface area (Å²) in [6.07, 6.45) is -1.17. The fourth-order valence-corrected chi connectivity index (χ4v) is 5.04. The maximum absolute atomic E-state index is 13.8. The van der Waals surface area contributed by atoms with E-state index in [1.54, 1.807) is 4.90 Å². The van der Waals surface area contributed by atoms with E-state index in [2.05, 4.69) is 18.7 Å². The summed E-state index contributed by atoms with van der Waals surface area (Å²) in [7, 11) is 0. The number of thiazole rings is 1. The number of aromatic nitrogens is 1. The molecule has 0 saturated heterocycles. The molecule has 6 nitrogen and oxygen atoms in total. The summed E-state index contributed by atoms with van der Waals surface area (Å²) in [6.45, 7) is 11.1.